The summed E-state index contributed by atoms with van der Waals surface area (Å²) in [5.41, 5.74) is 0.351. The third-order valence-electron chi connectivity index (χ3n) is 5.11. The molecule has 1 amide bonds. The van der Waals surface area contributed by atoms with Crippen molar-refractivity contribution in [1.82, 2.24) is 9.21 Å². The summed E-state index contributed by atoms with van der Waals surface area (Å²) in [6, 6.07) is 7.86. The largest absolute Gasteiger partial charge is 0.493 e. The second-order valence-corrected chi connectivity index (χ2v) is 8.86. The van der Waals surface area contributed by atoms with Gasteiger partial charge in [-0.05, 0) is 42.8 Å². The molecule has 10 heteroatoms. The summed E-state index contributed by atoms with van der Waals surface area (Å²) in [5, 5.41) is 0. The van der Waals surface area contributed by atoms with E-state index in [-0.39, 0.29) is 30.4 Å². The van der Waals surface area contributed by atoms with E-state index in [1.165, 1.54) is 37.8 Å². The molecule has 8 nitrogen and oxygen atoms in total. The molecule has 0 saturated carbocycles. The molecule has 0 atom stereocenters. The molecule has 168 valence electrons. The predicted octanol–water partition coefficient (Wildman–Crippen LogP) is 2.39. The van der Waals surface area contributed by atoms with Gasteiger partial charge < -0.3 is 19.1 Å². The number of methoxy groups -OCH3 is 3. The van der Waals surface area contributed by atoms with Crippen molar-refractivity contribution in [2.24, 2.45) is 0 Å². The summed E-state index contributed by atoms with van der Waals surface area (Å²) in [6.45, 7) is 1.01. The van der Waals surface area contributed by atoms with Gasteiger partial charge in [-0.25, -0.2) is 12.8 Å². The first-order valence-electron chi connectivity index (χ1n) is 9.66. The highest BCUT2D eigenvalue weighted by molar-refractivity contribution is 7.89. The van der Waals surface area contributed by atoms with Gasteiger partial charge in [-0.2, -0.15) is 4.31 Å². The van der Waals surface area contributed by atoms with Crippen LogP contribution in [0.3, 0.4) is 0 Å². The molecule has 0 bridgehead atoms. The van der Waals surface area contributed by atoms with Crippen molar-refractivity contribution in [3.05, 3.63) is 47.8 Å². The molecule has 0 N–H and O–H groups in total. The fourth-order valence-corrected chi connectivity index (χ4v) is 4.95. The number of nitrogens with zero attached hydrogens (tertiary/aromatic N) is 2. The number of carbonyl (C=O) groups is 1. The number of halogens is 1. The Morgan fingerprint density at radius 3 is 2.06 bits per heavy atom. The quantitative estimate of drug-likeness (QED) is 0.669. The molecule has 0 radical (unpaired) electrons. The minimum absolute atomic E-state index is 0.0262. The number of carbonyl (C=O) groups excluding carboxylic acids is 1. The van der Waals surface area contributed by atoms with Crippen LogP contribution in [0.4, 0.5) is 4.39 Å². The zero-order valence-electron chi connectivity index (χ0n) is 17.6. The van der Waals surface area contributed by atoms with Gasteiger partial charge in [-0.1, -0.05) is 0 Å². The summed E-state index contributed by atoms with van der Waals surface area (Å²) in [6.07, 6.45) is 0.469. The summed E-state index contributed by atoms with van der Waals surface area (Å²) in [4.78, 5) is 14.7. The zero-order valence-corrected chi connectivity index (χ0v) is 18.4. The Kier molecular flexibility index (Phi) is 7.01. The highest BCUT2D eigenvalue weighted by atomic mass is 32.2. The lowest BCUT2D eigenvalue weighted by Gasteiger charge is -2.23. The van der Waals surface area contributed by atoms with Crippen molar-refractivity contribution in [1.29, 1.82) is 0 Å². The molecule has 1 saturated heterocycles. The van der Waals surface area contributed by atoms with Gasteiger partial charge >= 0.3 is 0 Å². The van der Waals surface area contributed by atoms with Gasteiger partial charge in [0.1, 0.15) is 5.82 Å². The molecule has 0 aromatic heterocycles. The van der Waals surface area contributed by atoms with E-state index in [1.54, 1.807) is 17.0 Å². The molecule has 2 aromatic carbocycles. The fourth-order valence-electron chi connectivity index (χ4n) is 3.48. The lowest BCUT2D eigenvalue weighted by Crippen LogP contribution is -2.37. The van der Waals surface area contributed by atoms with Crippen LogP contribution in [0.25, 0.3) is 0 Å². The lowest BCUT2D eigenvalue weighted by atomic mass is 10.1. The summed E-state index contributed by atoms with van der Waals surface area (Å²) >= 11 is 0. The highest BCUT2D eigenvalue weighted by Gasteiger charge is 2.29. The maximum absolute atomic E-state index is 13.2. The van der Waals surface area contributed by atoms with Crippen LogP contribution in [0.5, 0.6) is 17.2 Å². The molecule has 1 aliphatic heterocycles. The molecule has 0 aliphatic carbocycles. The average molecular weight is 453 g/mol. The van der Waals surface area contributed by atoms with Crippen LogP contribution in [0.1, 0.15) is 16.8 Å². The van der Waals surface area contributed by atoms with Crippen LogP contribution in [0.2, 0.25) is 0 Å². The van der Waals surface area contributed by atoms with Crippen LogP contribution in [0, 0.1) is 5.82 Å². The first-order chi connectivity index (χ1) is 14.8. The number of sulfonamides is 1. The maximum atomic E-state index is 13.2. The van der Waals surface area contributed by atoms with Gasteiger partial charge in [0.25, 0.3) is 5.91 Å². The minimum atomic E-state index is -3.77. The number of rotatable bonds is 6. The van der Waals surface area contributed by atoms with Crippen LogP contribution in [-0.2, 0) is 10.0 Å². The average Bonchev–Trinajstić information content (AvgIpc) is 3.04. The third kappa shape index (κ3) is 4.75. The Bertz CT molecular complexity index is 1020. The molecule has 1 aliphatic rings. The van der Waals surface area contributed by atoms with Gasteiger partial charge in [-0.15, -0.1) is 0 Å². The normalized spacial score (nSPS) is 15.3. The van der Waals surface area contributed by atoms with Crippen molar-refractivity contribution >= 4 is 15.9 Å². The van der Waals surface area contributed by atoms with Crippen molar-refractivity contribution in [2.75, 3.05) is 47.5 Å². The Balaban J connectivity index is 1.79. The van der Waals surface area contributed by atoms with Crippen LogP contribution in [-0.4, -0.2) is 71.0 Å². The van der Waals surface area contributed by atoms with Crippen LogP contribution < -0.4 is 14.2 Å². The first kappa shape index (κ1) is 22.8. The second kappa shape index (κ2) is 9.52. The van der Waals surface area contributed by atoms with Crippen molar-refractivity contribution in [2.45, 2.75) is 11.3 Å². The van der Waals surface area contributed by atoms with E-state index in [0.29, 0.717) is 35.8 Å². The van der Waals surface area contributed by atoms with Gasteiger partial charge in [-0.3, -0.25) is 4.79 Å². The highest BCUT2D eigenvalue weighted by Crippen LogP contribution is 2.38. The molecule has 1 heterocycles. The smallest absolute Gasteiger partial charge is 0.254 e. The number of benzene rings is 2. The second-order valence-electron chi connectivity index (χ2n) is 6.92. The third-order valence-corrected chi connectivity index (χ3v) is 7.02. The monoisotopic (exact) mass is 452 g/mol. The molecule has 1 fully saturated rings. The van der Waals surface area contributed by atoms with E-state index in [0.717, 1.165) is 12.1 Å². The summed E-state index contributed by atoms with van der Waals surface area (Å²) in [7, 11) is 0.641. The standard InChI is InChI=1S/C21H25FN2O6S/c1-28-18-13-15(14-19(29-2)20(18)30-3)21(25)23-9-4-10-24(12-11-23)31(26,27)17-7-5-16(22)6-8-17/h5-8,13-14H,4,9-12H2,1-3H3. The van der Waals surface area contributed by atoms with Gasteiger partial charge in [0.05, 0.1) is 26.2 Å². The number of ether oxygens (including phenoxy) is 3. The molecular weight excluding hydrogens is 427 g/mol. The van der Waals surface area contributed by atoms with Crippen LogP contribution >= 0.6 is 0 Å². The summed E-state index contributed by atoms with van der Waals surface area (Å²) in [5.74, 6) is 0.340. The lowest BCUT2D eigenvalue weighted by molar-refractivity contribution is 0.0763. The topological polar surface area (TPSA) is 85.4 Å². The fraction of sp³-hybridized carbons (Fsp3) is 0.381. The van der Waals surface area contributed by atoms with E-state index in [2.05, 4.69) is 0 Å². The van der Waals surface area contributed by atoms with Gasteiger partial charge in [0.2, 0.25) is 15.8 Å². The Morgan fingerprint density at radius 2 is 1.52 bits per heavy atom. The van der Waals surface area contributed by atoms with Gasteiger partial charge in [0.15, 0.2) is 11.5 Å². The molecule has 3 rings (SSSR count). The number of amides is 1. The molecule has 0 spiro atoms. The minimum Gasteiger partial charge on any atom is -0.493 e. The maximum Gasteiger partial charge on any atom is 0.254 e. The summed E-state index contributed by atoms with van der Waals surface area (Å²) < 4.78 is 56.2. The Labute approximate surface area is 181 Å². The predicted molar refractivity (Wildman–Crippen MR) is 112 cm³/mol. The molecular formula is C21H25FN2O6S. The number of hydrogen-bond donors (Lipinski definition) is 0. The zero-order chi connectivity index (χ0) is 22.6. The van der Waals surface area contributed by atoms with Crippen molar-refractivity contribution in [3.8, 4) is 17.2 Å². The van der Waals surface area contributed by atoms with E-state index < -0.39 is 15.8 Å². The molecule has 2 aromatic rings. The van der Waals surface area contributed by atoms with Crippen molar-refractivity contribution < 1.29 is 31.8 Å². The van der Waals surface area contributed by atoms with E-state index in [1.807, 2.05) is 0 Å². The number of hydrogen-bond acceptors (Lipinski definition) is 6. The molecule has 31 heavy (non-hydrogen) atoms. The van der Waals surface area contributed by atoms with Crippen LogP contribution in [0.15, 0.2) is 41.3 Å². The Hall–Kier alpha value is -2.85. The van der Waals surface area contributed by atoms with E-state index in [9.17, 15) is 17.6 Å². The van der Waals surface area contributed by atoms with E-state index >= 15 is 0 Å². The Morgan fingerprint density at radius 1 is 0.903 bits per heavy atom. The van der Waals surface area contributed by atoms with E-state index in [4.69, 9.17) is 14.2 Å². The van der Waals surface area contributed by atoms with Crippen molar-refractivity contribution in [3.63, 3.8) is 0 Å². The van der Waals surface area contributed by atoms with Gasteiger partial charge in [0, 0.05) is 31.7 Å². The molecule has 0 unspecified atom stereocenters. The first-order valence-corrected chi connectivity index (χ1v) is 11.1. The SMILES string of the molecule is COc1cc(C(=O)N2CCCN(S(=O)(=O)c3ccc(F)cc3)CC2)cc(OC)c1OC.